The van der Waals surface area contributed by atoms with Crippen molar-refractivity contribution >= 4 is 21.9 Å². The normalized spacial score (nSPS) is 21.3. The Hall–Kier alpha value is -2.49. The lowest BCUT2D eigenvalue weighted by atomic mass is 10.1. The molecule has 4 rings (SSSR count). The number of nitriles is 1. The Morgan fingerprint density at radius 1 is 1.35 bits per heavy atom. The number of aromatic nitrogens is 3. The Bertz CT molecular complexity index is 971. The number of imidazole rings is 1. The third-order valence-corrected chi connectivity index (χ3v) is 5.26. The fourth-order valence-corrected chi connectivity index (χ4v) is 4.12. The van der Waals surface area contributed by atoms with E-state index in [1.807, 2.05) is 18.2 Å². The van der Waals surface area contributed by atoms with Crippen molar-refractivity contribution in [2.45, 2.75) is 50.8 Å². The third kappa shape index (κ3) is 2.94. The molecule has 1 fully saturated rings. The maximum atomic E-state index is 10.3. The number of pyridine rings is 1. The first-order valence-corrected chi connectivity index (χ1v) is 9.23. The van der Waals surface area contributed by atoms with Crippen molar-refractivity contribution in [2.24, 2.45) is 0 Å². The summed E-state index contributed by atoms with van der Waals surface area (Å²) < 4.78 is 2.23. The molecule has 0 spiro atoms. The van der Waals surface area contributed by atoms with Crippen LogP contribution in [0.2, 0.25) is 0 Å². The van der Waals surface area contributed by atoms with Gasteiger partial charge in [0.25, 0.3) is 0 Å². The maximum Gasteiger partial charge on any atom is 0.138 e. The zero-order chi connectivity index (χ0) is 18.1. The molecule has 134 valence electrons. The summed E-state index contributed by atoms with van der Waals surface area (Å²) in [6, 6.07) is 11.0. The SMILES string of the molecule is C[C@@H](O)c1nc2cnc3ccccc3c2n1[C@@H]1CC[C@@H](NCCC#N)C1. The Labute approximate surface area is 152 Å². The molecule has 1 aromatic carbocycles. The molecule has 0 amide bonds. The molecule has 0 unspecified atom stereocenters. The van der Waals surface area contributed by atoms with Crippen molar-refractivity contribution in [1.82, 2.24) is 19.9 Å². The van der Waals surface area contributed by atoms with E-state index in [1.54, 1.807) is 13.1 Å². The largest absolute Gasteiger partial charge is 0.385 e. The third-order valence-electron chi connectivity index (χ3n) is 5.26. The second kappa shape index (κ2) is 7.02. The van der Waals surface area contributed by atoms with E-state index in [0.717, 1.165) is 47.7 Å². The predicted octanol–water partition coefficient (Wildman–Crippen LogP) is 3.23. The number of nitrogens with zero attached hydrogens (tertiary/aromatic N) is 4. The highest BCUT2D eigenvalue weighted by Crippen LogP contribution is 2.37. The van der Waals surface area contributed by atoms with Gasteiger partial charge in [0.05, 0.1) is 23.3 Å². The highest BCUT2D eigenvalue weighted by atomic mass is 16.3. The van der Waals surface area contributed by atoms with Gasteiger partial charge in [0, 0.05) is 30.4 Å². The summed E-state index contributed by atoms with van der Waals surface area (Å²) in [6.45, 7) is 2.50. The Kier molecular flexibility index (Phi) is 4.58. The molecular weight excluding hydrogens is 326 g/mol. The van der Waals surface area contributed by atoms with Gasteiger partial charge in [-0.3, -0.25) is 4.98 Å². The first kappa shape index (κ1) is 17.0. The number of rotatable bonds is 5. The summed E-state index contributed by atoms with van der Waals surface area (Å²) in [5.41, 5.74) is 2.84. The van der Waals surface area contributed by atoms with Crippen LogP contribution in [-0.4, -0.2) is 32.2 Å². The van der Waals surface area contributed by atoms with Crippen LogP contribution in [0.3, 0.4) is 0 Å². The van der Waals surface area contributed by atoms with E-state index in [9.17, 15) is 5.11 Å². The fourth-order valence-electron chi connectivity index (χ4n) is 4.12. The summed E-state index contributed by atoms with van der Waals surface area (Å²) in [5, 5.41) is 23.6. The second-order valence-corrected chi connectivity index (χ2v) is 7.05. The second-order valence-electron chi connectivity index (χ2n) is 7.05. The van der Waals surface area contributed by atoms with Gasteiger partial charge in [-0.1, -0.05) is 18.2 Å². The van der Waals surface area contributed by atoms with Crippen molar-refractivity contribution in [3.63, 3.8) is 0 Å². The molecule has 2 N–H and O–H groups in total. The Balaban J connectivity index is 1.77. The molecule has 0 radical (unpaired) electrons. The van der Waals surface area contributed by atoms with Gasteiger partial charge in [0.2, 0.25) is 0 Å². The maximum absolute atomic E-state index is 10.3. The molecule has 3 aromatic rings. The first-order valence-electron chi connectivity index (χ1n) is 9.23. The monoisotopic (exact) mass is 349 g/mol. The fraction of sp³-hybridized carbons (Fsp3) is 0.450. The number of fused-ring (bicyclic) bond motifs is 3. The topological polar surface area (TPSA) is 86.8 Å². The number of hydrogen-bond acceptors (Lipinski definition) is 5. The molecule has 0 bridgehead atoms. The van der Waals surface area contributed by atoms with Crippen LogP contribution in [0, 0.1) is 11.3 Å². The van der Waals surface area contributed by atoms with Crippen molar-refractivity contribution in [1.29, 1.82) is 5.26 Å². The molecule has 0 saturated heterocycles. The van der Waals surface area contributed by atoms with Gasteiger partial charge >= 0.3 is 0 Å². The van der Waals surface area contributed by atoms with Crippen molar-refractivity contribution < 1.29 is 5.11 Å². The molecule has 26 heavy (non-hydrogen) atoms. The number of nitrogens with one attached hydrogen (secondary N) is 1. The summed E-state index contributed by atoms with van der Waals surface area (Å²) in [4.78, 5) is 9.21. The van der Waals surface area contributed by atoms with E-state index in [1.165, 1.54) is 0 Å². The van der Waals surface area contributed by atoms with Crippen LogP contribution in [0.5, 0.6) is 0 Å². The van der Waals surface area contributed by atoms with E-state index in [2.05, 4.69) is 27.0 Å². The lowest BCUT2D eigenvalue weighted by Crippen LogP contribution is -2.27. The molecule has 6 heteroatoms. The first-order chi connectivity index (χ1) is 12.7. The quantitative estimate of drug-likeness (QED) is 0.691. The summed E-state index contributed by atoms with van der Waals surface area (Å²) >= 11 is 0. The summed E-state index contributed by atoms with van der Waals surface area (Å²) in [7, 11) is 0. The zero-order valence-electron chi connectivity index (χ0n) is 14.9. The van der Waals surface area contributed by atoms with E-state index >= 15 is 0 Å². The minimum absolute atomic E-state index is 0.287. The van der Waals surface area contributed by atoms with Gasteiger partial charge in [-0.05, 0) is 32.3 Å². The lowest BCUT2D eigenvalue weighted by molar-refractivity contribution is 0.181. The number of aliphatic hydroxyl groups excluding tert-OH is 1. The van der Waals surface area contributed by atoms with Crippen LogP contribution in [0.1, 0.15) is 50.6 Å². The average molecular weight is 349 g/mol. The van der Waals surface area contributed by atoms with Gasteiger partial charge in [-0.15, -0.1) is 0 Å². The highest BCUT2D eigenvalue weighted by molar-refractivity contribution is 6.02. The van der Waals surface area contributed by atoms with Gasteiger partial charge in [0.15, 0.2) is 0 Å². The standard InChI is InChI=1S/C20H23N5O/c1-13(26)20-24-18-12-23-17-6-3-2-5-16(17)19(18)25(20)15-8-7-14(11-15)22-10-4-9-21/h2-3,5-6,12-15,22,26H,4,7-8,10-11H2,1H3/t13-,14-,15-/m1/s1. The number of para-hydroxylation sites is 1. The highest BCUT2D eigenvalue weighted by Gasteiger charge is 2.30. The smallest absolute Gasteiger partial charge is 0.138 e. The van der Waals surface area contributed by atoms with Crippen LogP contribution >= 0.6 is 0 Å². The van der Waals surface area contributed by atoms with Gasteiger partial charge in [-0.2, -0.15) is 5.26 Å². The molecule has 2 aromatic heterocycles. The van der Waals surface area contributed by atoms with Crippen LogP contribution in [0.15, 0.2) is 30.5 Å². The Morgan fingerprint density at radius 3 is 3.00 bits per heavy atom. The van der Waals surface area contributed by atoms with Crippen molar-refractivity contribution in [3.8, 4) is 6.07 Å². The zero-order valence-corrected chi connectivity index (χ0v) is 14.9. The van der Waals surface area contributed by atoms with Crippen molar-refractivity contribution in [3.05, 3.63) is 36.3 Å². The van der Waals surface area contributed by atoms with E-state index in [4.69, 9.17) is 10.2 Å². The molecule has 1 saturated carbocycles. The molecule has 3 atom stereocenters. The van der Waals surface area contributed by atoms with E-state index < -0.39 is 6.10 Å². The van der Waals surface area contributed by atoms with E-state index in [0.29, 0.717) is 18.3 Å². The van der Waals surface area contributed by atoms with Crippen molar-refractivity contribution in [2.75, 3.05) is 6.54 Å². The average Bonchev–Trinajstić information content (AvgIpc) is 3.26. The van der Waals surface area contributed by atoms with Gasteiger partial charge < -0.3 is 15.0 Å². The van der Waals surface area contributed by atoms with Gasteiger partial charge in [0.1, 0.15) is 17.4 Å². The summed E-state index contributed by atoms with van der Waals surface area (Å²) in [6.07, 6.45) is 4.78. The molecular formula is C20H23N5O. The van der Waals surface area contributed by atoms with E-state index in [-0.39, 0.29) is 6.04 Å². The minimum atomic E-state index is -0.633. The van der Waals surface area contributed by atoms with Crippen LogP contribution in [-0.2, 0) is 0 Å². The van der Waals surface area contributed by atoms with Crippen LogP contribution < -0.4 is 5.32 Å². The Morgan fingerprint density at radius 2 is 2.19 bits per heavy atom. The van der Waals surface area contributed by atoms with Crippen LogP contribution in [0.25, 0.3) is 21.9 Å². The van der Waals surface area contributed by atoms with Gasteiger partial charge in [-0.25, -0.2) is 4.98 Å². The summed E-state index contributed by atoms with van der Waals surface area (Å²) in [5.74, 6) is 0.709. The number of aliphatic hydroxyl groups is 1. The number of hydrogen-bond donors (Lipinski definition) is 2. The minimum Gasteiger partial charge on any atom is -0.385 e. The molecule has 2 heterocycles. The number of benzene rings is 1. The molecule has 0 aliphatic heterocycles. The van der Waals surface area contributed by atoms with Crippen LogP contribution in [0.4, 0.5) is 0 Å². The predicted molar refractivity (Wildman–Crippen MR) is 101 cm³/mol. The molecule has 1 aliphatic rings. The molecule has 1 aliphatic carbocycles. The molecule has 6 nitrogen and oxygen atoms in total. The lowest BCUT2D eigenvalue weighted by Gasteiger charge is -2.19.